The minimum absolute atomic E-state index is 0. The van der Waals surface area contributed by atoms with Crippen molar-refractivity contribution in [3.05, 3.63) is 268 Å². The van der Waals surface area contributed by atoms with Crippen LogP contribution in [-0.4, -0.2) is 100 Å². The van der Waals surface area contributed by atoms with Crippen LogP contribution in [0.3, 0.4) is 0 Å². The van der Waals surface area contributed by atoms with Crippen molar-refractivity contribution in [1.29, 1.82) is 0 Å². The number of carbonyl (C=O) groups excluding carboxylic acids is 1. The first-order valence-electron chi connectivity index (χ1n) is 35.0. The van der Waals surface area contributed by atoms with Gasteiger partial charge in [0.15, 0.2) is 24.0 Å². The molecule has 1 saturated heterocycles. The number of ether oxygens (including phenoxy) is 5. The molecular formula is C87H107AlLiN3O8. The van der Waals surface area contributed by atoms with Crippen molar-refractivity contribution in [1.82, 2.24) is 13.7 Å². The first-order valence-corrected chi connectivity index (χ1v) is 35.0. The zero-order chi connectivity index (χ0) is 70.3. The van der Waals surface area contributed by atoms with Crippen LogP contribution in [0, 0.1) is 41.5 Å². The van der Waals surface area contributed by atoms with Crippen molar-refractivity contribution in [2.75, 3.05) is 52.9 Å². The maximum Gasteiger partial charge on any atom is 1.00 e. The van der Waals surface area contributed by atoms with Crippen LogP contribution in [0.4, 0.5) is 0 Å². The van der Waals surface area contributed by atoms with Gasteiger partial charge >= 0.3 is 24.8 Å². The minimum Gasteiger partial charge on any atom is -1.00 e. The maximum absolute atomic E-state index is 11.5. The summed E-state index contributed by atoms with van der Waals surface area (Å²) in [6.45, 7) is 32.1. The van der Waals surface area contributed by atoms with Gasteiger partial charge in [0.2, 0.25) is 0 Å². The Hall–Kier alpha value is -8.52. The molecule has 0 atom stereocenters. The Morgan fingerprint density at radius 2 is 0.710 bits per heavy atom. The molecule has 522 valence electrons. The SMILES string of the molecule is C1CCOC1.CC.CC.CC.CCOC(=O)COc1ccc(Cn2c(-c3ccccc3)c(C)c3cc(C)ccc32)cc1.Cc1ccc2c(c1)c(C)c(-c1ccccc1)n2Cc1ccc(OCCO)cc1.Cc1ccc2c(c1)c(C)c(-c1ccccc1)n2Cc1ccc(OCCO)cc1.[AlH3].[H-].[Li+]. The van der Waals surface area contributed by atoms with Crippen LogP contribution in [0.15, 0.2) is 218 Å². The molecule has 1 aliphatic heterocycles. The molecule has 4 heterocycles. The number of hydrogen-bond acceptors (Lipinski definition) is 8. The predicted octanol–water partition coefficient (Wildman–Crippen LogP) is 16.4. The van der Waals surface area contributed by atoms with E-state index in [0.29, 0.717) is 25.6 Å². The third-order valence-corrected chi connectivity index (χ3v) is 16.6. The number of fused-ring (bicyclic) bond motifs is 3. The molecule has 13 rings (SSSR count). The van der Waals surface area contributed by atoms with Crippen LogP contribution in [0.5, 0.6) is 17.2 Å². The molecule has 0 unspecified atom stereocenters. The summed E-state index contributed by atoms with van der Waals surface area (Å²) in [5, 5.41) is 21.7. The van der Waals surface area contributed by atoms with Crippen LogP contribution in [0.2, 0.25) is 0 Å². The Morgan fingerprint density at radius 1 is 0.420 bits per heavy atom. The second-order valence-electron chi connectivity index (χ2n) is 23.3. The minimum atomic E-state index is -0.358. The fourth-order valence-electron chi connectivity index (χ4n) is 12.1. The fourth-order valence-corrected chi connectivity index (χ4v) is 12.1. The average molecular weight is 1360 g/mol. The zero-order valence-electron chi connectivity index (χ0n) is 62.2. The van der Waals surface area contributed by atoms with Gasteiger partial charge in [0, 0.05) is 65.6 Å². The third kappa shape index (κ3) is 22.2. The summed E-state index contributed by atoms with van der Waals surface area (Å²) in [4.78, 5) is 11.5. The number of aryl methyl sites for hydroxylation is 6. The number of aliphatic hydroxyl groups excluding tert-OH is 2. The van der Waals surface area contributed by atoms with Crippen LogP contribution in [-0.2, 0) is 33.9 Å². The van der Waals surface area contributed by atoms with E-state index in [1.807, 2.05) is 96.1 Å². The molecule has 0 radical (unpaired) electrons. The number of hydrogen-bond donors (Lipinski definition) is 2. The van der Waals surface area contributed by atoms with Crippen molar-refractivity contribution in [2.45, 2.75) is 122 Å². The van der Waals surface area contributed by atoms with Gasteiger partial charge < -0.3 is 49.0 Å². The quantitative estimate of drug-likeness (QED) is 0.0607. The number of aliphatic hydroxyl groups is 2. The van der Waals surface area contributed by atoms with E-state index < -0.39 is 0 Å². The molecule has 0 aliphatic carbocycles. The number of benzene rings is 9. The van der Waals surface area contributed by atoms with E-state index in [2.05, 4.69) is 219 Å². The topological polar surface area (TPSA) is 118 Å². The van der Waals surface area contributed by atoms with E-state index in [-0.39, 0.29) is 63.4 Å². The van der Waals surface area contributed by atoms with E-state index in [1.165, 1.54) is 124 Å². The second kappa shape index (κ2) is 43.2. The number of aromatic nitrogens is 3. The Morgan fingerprint density at radius 3 is 0.970 bits per heavy atom. The van der Waals surface area contributed by atoms with Crippen LogP contribution in [0.25, 0.3) is 66.5 Å². The predicted molar refractivity (Wildman–Crippen MR) is 420 cm³/mol. The first kappa shape index (κ1) is 82.1. The number of esters is 1. The fraction of sp³-hybridized carbons (Fsp3) is 0.299. The molecule has 11 nitrogen and oxygen atoms in total. The molecule has 3 aromatic heterocycles. The molecule has 1 aliphatic rings. The second-order valence-corrected chi connectivity index (χ2v) is 23.3. The zero-order valence-corrected chi connectivity index (χ0v) is 61.2. The van der Waals surface area contributed by atoms with E-state index >= 15 is 0 Å². The summed E-state index contributed by atoms with van der Waals surface area (Å²) < 4.78 is 33.5. The molecule has 13 heteroatoms. The molecule has 100 heavy (non-hydrogen) atoms. The van der Waals surface area contributed by atoms with Gasteiger partial charge in [-0.1, -0.05) is 204 Å². The molecule has 1 fully saturated rings. The summed E-state index contributed by atoms with van der Waals surface area (Å²) in [7, 11) is 0. The molecule has 0 saturated carbocycles. The van der Waals surface area contributed by atoms with Gasteiger partial charge in [-0.25, -0.2) is 4.79 Å². The normalized spacial score (nSPS) is 11.0. The Balaban J connectivity index is 0.000000295. The summed E-state index contributed by atoms with van der Waals surface area (Å²) in [5.41, 5.74) is 22.5. The largest absolute Gasteiger partial charge is 1.00 e. The monoisotopic (exact) mass is 1360 g/mol. The maximum atomic E-state index is 11.5. The van der Waals surface area contributed by atoms with Gasteiger partial charge in [0.25, 0.3) is 0 Å². The van der Waals surface area contributed by atoms with Crippen molar-refractivity contribution < 1.29 is 59.0 Å². The van der Waals surface area contributed by atoms with Crippen LogP contribution in [0.1, 0.15) is 113 Å². The third-order valence-electron chi connectivity index (χ3n) is 16.6. The Bertz CT molecular complexity index is 4160. The molecule has 2 N–H and O–H groups in total. The van der Waals surface area contributed by atoms with Crippen molar-refractivity contribution >= 4 is 56.0 Å². The Kier molecular flexibility index (Phi) is 35.5. The van der Waals surface area contributed by atoms with E-state index in [9.17, 15) is 4.79 Å². The number of rotatable bonds is 19. The van der Waals surface area contributed by atoms with Gasteiger partial charge in [0.05, 0.1) is 36.9 Å². The smallest absolute Gasteiger partial charge is 1.00 e. The van der Waals surface area contributed by atoms with Gasteiger partial charge in [-0.3, -0.25) is 0 Å². The van der Waals surface area contributed by atoms with Crippen molar-refractivity contribution in [2.24, 2.45) is 0 Å². The van der Waals surface area contributed by atoms with Gasteiger partial charge in [-0.05, 0) is 184 Å². The molecular weight excluding hydrogens is 1250 g/mol. The molecule has 12 aromatic rings. The van der Waals surface area contributed by atoms with E-state index in [4.69, 9.17) is 33.9 Å². The average Bonchev–Trinajstić information content (AvgIpc) is 1.63. The van der Waals surface area contributed by atoms with Gasteiger partial charge in [-0.2, -0.15) is 0 Å². The summed E-state index contributed by atoms with van der Waals surface area (Å²) in [6, 6.07) is 75.9. The van der Waals surface area contributed by atoms with E-state index in [0.717, 1.165) is 49.9 Å². The molecule has 9 aromatic carbocycles. The first-order chi connectivity index (χ1) is 47.9. The molecule has 0 spiro atoms. The van der Waals surface area contributed by atoms with Crippen molar-refractivity contribution in [3.8, 4) is 51.0 Å². The molecule has 0 bridgehead atoms. The standard InChI is InChI=1S/C27H27NO3.2C25H25NO2.C4H8O.3C2H6.Al.Li.4H/c1-4-30-26(29)18-31-23-13-11-21(12-14-23)17-28-25-15-10-19(2)16-24(25)20(3)27(28)22-8-6-5-7-9-22;2*1-18-8-13-24-23(16-18)19(2)25(21-6-4-3-5-7-21)26(24)17-20-9-11-22(12-10-20)28-15-14-27;1-2-4-5-3-1;3*1-2;;;;;;/h5-16H,4,17-18H2,1-3H3;2*3-13,16,27H,14-15,17H2,1-2H3;1-4H2;3*1-2H3;;;;;;/q;;;;;;;;+1;;;;-1. The molecule has 0 amide bonds. The van der Waals surface area contributed by atoms with Gasteiger partial charge in [-0.15, -0.1) is 0 Å². The van der Waals surface area contributed by atoms with Crippen molar-refractivity contribution in [3.63, 3.8) is 0 Å². The van der Waals surface area contributed by atoms with Crippen LogP contribution >= 0.6 is 0 Å². The van der Waals surface area contributed by atoms with Gasteiger partial charge in [0.1, 0.15) is 30.5 Å². The van der Waals surface area contributed by atoms with Crippen LogP contribution < -0.4 is 33.1 Å². The summed E-state index contributed by atoms with van der Waals surface area (Å²) in [6.07, 6.45) is 2.56. The Labute approximate surface area is 619 Å². The summed E-state index contributed by atoms with van der Waals surface area (Å²) >= 11 is 0. The summed E-state index contributed by atoms with van der Waals surface area (Å²) in [5.74, 6) is 1.86. The van der Waals surface area contributed by atoms with E-state index in [1.54, 1.807) is 6.92 Å². The number of nitrogens with zero attached hydrogens (tertiary/aromatic N) is 3. The number of carbonyl (C=O) groups is 1.